The van der Waals surface area contributed by atoms with Gasteiger partial charge in [-0.05, 0) is 31.6 Å². The van der Waals surface area contributed by atoms with Gasteiger partial charge in [-0.3, -0.25) is 0 Å². The molecule has 0 N–H and O–H groups in total. The minimum atomic E-state index is 0.608. The van der Waals surface area contributed by atoms with Crippen LogP contribution in [0, 0.1) is 18.3 Å². The van der Waals surface area contributed by atoms with Crippen molar-refractivity contribution in [3.63, 3.8) is 0 Å². The molecule has 2 aromatic carbocycles. The highest BCUT2D eigenvalue weighted by Gasteiger charge is 2.04. The molecule has 0 aromatic heterocycles. The quantitative estimate of drug-likeness (QED) is 0.602. The Morgan fingerprint density at radius 2 is 1.85 bits per heavy atom. The van der Waals surface area contributed by atoms with Gasteiger partial charge >= 0.3 is 0 Å². The molecular weight excluding hydrogens is 246 g/mol. The van der Waals surface area contributed by atoms with Crippen LogP contribution in [-0.4, -0.2) is 6.61 Å². The lowest BCUT2D eigenvalue weighted by Crippen LogP contribution is -1.93. The first kappa shape index (κ1) is 13.9. The highest BCUT2D eigenvalue weighted by molar-refractivity contribution is 5.90. The minimum absolute atomic E-state index is 0.608. The number of hydrogen-bond acceptors (Lipinski definition) is 2. The van der Waals surface area contributed by atoms with Gasteiger partial charge in [-0.25, -0.2) is 0 Å². The van der Waals surface area contributed by atoms with Crippen molar-refractivity contribution >= 4 is 11.6 Å². The molecular formula is C18H17NO. The number of aryl methyl sites for hydroxylation is 1. The Hall–Kier alpha value is -2.53. The van der Waals surface area contributed by atoms with Crippen molar-refractivity contribution in [3.8, 4) is 11.8 Å². The average molecular weight is 263 g/mol. The second kappa shape index (κ2) is 6.58. The third-order valence-corrected chi connectivity index (χ3v) is 3.00. The van der Waals surface area contributed by atoms with E-state index >= 15 is 0 Å². The van der Waals surface area contributed by atoms with Gasteiger partial charge in [0.1, 0.15) is 5.75 Å². The zero-order valence-corrected chi connectivity index (χ0v) is 11.8. The predicted octanol–water partition coefficient (Wildman–Crippen LogP) is 4.46. The first-order chi connectivity index (χ1) is 9.74. The molecule has 0 unspecified atom stereocenters. The van der Waals surface area contributed by atoms with Gasteiger partial charge in [0.25, 0.3) is 0 Å². The first-order valence-electron chi connectivity index (χ1n) is 6.65. The van der Waals surface area contributed by atoms with Gasteiger partial charge in [0.15, 0.2) is 0 Å². The Morgan fingerprint density at radius 3 is 2.50 bits per heavy atom. The molecule has 0 saturated heterocycles. The fourth-order valence-corrected chi connectivity index (χ4v) is 1.96. The van der Waals surface area contributed by atoms with Crippen molar-refractivity contribution in [2.75, 3.05) is 6.61 Å². The van der Waals surface area contributed by atoms with Crippen molar-refractivity contribution in [1.82, 2.24) is 0 Å². The van der Waals surface area contributed by atoms with Crippen LogP contribution in [0.1, 0.15) is 23.6 Å². The van der Waals surface area contributed by atoms with E-state index in [1.54, 1.807) is 0 Å². The average Bonchev–Trinajstić information content (AvgIpc) is 2.48. The van der Waals surface area contributed by atoms with E-state index in [2.05, 4.69) is 6.07 Å². The van der Waals surface area contributed by atoms with Crippen molar-refractivity contribution in [2.45, 2.75) is 13.8 Å². The van der Waals surface area contributed by atoms with Crippen LogP contribution in [0.3, 0.4) is 0 Å². The molecule has 100 valence electrons. The van der Waals surface area contributed by atoms with Gasteiger partial charge in [-0.15, -0.1) is 0 Å². The van der Waals surface area contributed by atoms with E-state index in [1.165, 1.54) is 5.56 Å². The molecule has 2 heteroatoms. The molecule has 0 bridgehead atoms. The smallest absolute Gasteiger partial charge is 0.126 e. The summed E-state index contributed by atoms with van der Waals surface area (Å²) in [5, 5.41) is 9.37. The molecule has 0 aliphatic carbocycles. The monoisotopic (exact) mass is 263 g/mol. The topological polar surface area (TPSA) is 33.0 Å². The Labute approximate surface area is 119 Å². The number of para-hydroxylation sites is 1. The van der Waals surface area contributed by atoms with E-state index in [4.69, 9.17) is 4.74 Å². The summed E-state index contributed by atoms with van der Waals surface area (Å²) in [6.07, 6.45) is 1.87. The second-order valence-corrected chi connectivity index (χ2v) is 4.51. The zero-order chi connectivity index (χ0) is 14.4. The standard InChI is InChI=1S/C18H17NO/c1-3-20-18-7-5-4-6-16(18)12-17(13-19)15-10-8-14(2)9-11-15/h4-12H,3H2,1-2H3/b17-12+. The van der Waals surface area contributed by atoms with E-state index in [0.29, 0.717) is 12.2 Å². The molecule has 0 heterocycles. The normalized spacial score (nSPS) is 10.9. The molecule has 20 heavy (non-hydrogen) atoms. The van der Waals surface area contributed by atoms with E-state index in [1.807, 2.05) is 68.5 Å². The SMILES string of the molecule is CCOc1ccccc1/C=C(\C#N)c1ccc(C)cc1. The van der Waals surface area contributed by atoms with Gasteiger partial charge in [0, 0.05) is 5.56 Å². The summed E-state index contributed by atoms with van der Waals surface area (Å²) in [4.78, 5) is 0. The fraction of sp³-hybridized carbons (Fsp3) is 0.167. The van der Waals surface area contributed by atoms with Crippen molar-refractivity contribution in [2.24, 2.45) is 0 Å². The number of hydrogen-bond donors (Lipinski definition) is 0. The van der Waals surface area contributed by atoms with Crippen LogP contribution in [0.4, 0.5) is 0 Å². The molecule has 2 aromatic rings. The highest BCUT2D eigenvalue weighted by atomic mass is 16.5. The highest BCUT2D eigenvalue weighted by Crippen LogP contribution is 2.24. The Morgan fingerprint density at radius 1 is 1.15 bits per heavy atom. The van der Waals surface area contributed by atoms with Gasteiger partial charge in [0.05, 0.1) is 18.2 Å². The molecule has 0 amide bonds. The summed E-state index contributed by atoms with van der Waals surface area (Å²) in [7, 11) is 0. The molecule has 2 rings (SSSR count). The third kappa shape index (κ3) is 3.27. The van der Waals surface area contributed by atoms with Crippen molar-refractivity contribution in [3.05, 3.63) is 65.2 Å². The number of rotatable bonds is 4. The molecule has 0 radical (unpaired) electrons. The number of ether oxygens (including phenoxy) is 1. The molecule has 0 saturated carbocycles. The van der Waals surface area contributed by atoms with Gasteiger partial charge in [-0.2, -0.15) is 5.26 Å². The van der Waals surface area contributed by atoms with Gasteiger partial charge in [-0.1, -0.05) is 48.0 Å². The van der Waals surface area contributed by atoms with E-state index in [0.717, 1.165) is 16.9 Å². The lowest BCUT2D eigenvalue weighted by molar-refractivity contribution is 0.339. The summed E-state index contributed by atoms with van der Waals surface area (Å²) >= 11 is 0. The van der Waals surface area contributed by atoms with E-state index in [-0.39, 0.29) is 0 Å². The Bertz CT molecular complexity index is 648. The maximum Gasteiger partial charge on any atom is 0.126 e. The van der Waals surface area contributed by atoms with E-state index < -0.39 is 0 Å². The summed E-state index contributed by atoms with van der Waals surface area (Å²) in [6, 6.07) is 18.0. The number of nitriles is 1. The van der Waals surface area contributed by atoms with Crippen LogP contribution < -0.4 is 4.74 Å². The van der Waals surface area contributed by atoms with Gasteiger partial charge < -0.3 is 4.74 Å². The van der Waals surface area contributed by atoms with Crippen LogP contribution in [0.15, 0.2) is 48.5 Å². The largest absolute Gasteiger partial charge is 0.493 e. The lowest BCUT2D eigenvalue weighted by Gasteiger charge is -2.07. The molecule has 2 nitrogen and oxygen atoms in total. The Balaban J connectivity index is 2.41. The maximum absolute atomic E-state index is 9.37. The molecule has 0 aliphatic rings. The summed E-state index contributed by atoms with van der Waals surface area (Å²) < 4.78 is 5.58. The first-order valence-corrected chi connectivity index (χ1v) is 6.65. The zero-order valence-electron chi connectivity index (χ0n) is 11.8. The van der Waals surface area contributed by atoms with Crippen LogP contribution in [-0.2, 0) is 0 Å². The van der Waals surface area contributed by atoms with Crippen molar-refractivity contribution < 1.29 is 4.74 Å². The number of nitrogens with zero attached hydrogens (tertiary/aromatic N) is 1. The lowest BCUT2D eigenvalue weighted by atomic mass is 10.0. The third-order valence-electron chi connectivity index (χ3n) is 3.00. The summed E-state index contributed by atoms with van der Waals surface area (Å²) in [6.45, 7) is 4.59. The predicted molar refractivity (Wildman–Crippen MR) is 82.3 cm³/mol. The van der Waals surface area contributed by atoms with Gasteiger partial charge in [0.2, 0.25) is 0 Å². The summed E-state index contributed by atoms with van der Waals surface area (Å²) in [5.41, 5.74) is 3.66. The molecule has 0 atom stereocenters. The van der Waals surface area contributed by atoms with E-state index in [9.17, 15) is 5.26 Å². The molecule has 0 fully saturated rings. The molecule has 0 spiro atoms. The van der Waals surface area contributed by atoms with Crippen LogP contribution in [0.2, 0.25) is 0 Å². The van der Waals surface area contributed by atoms with Crippen LogP contribution >= 0.6 is 0 Å². The van der Waals surface area contributed by atoms with Crippen molar-refractivity contribution in [1.29, 1.82) is 5.26 Å². The minimum Gasteiger partial charge on any atom is -0.493 e. The maximum atomic E-state index is 9.37. The number of benzene rings is 2. The van der Waals surface area contributed by atoms with Crippen LogP contribution in [0.25, 0.3) is 11.6 Å². The summed E-state index contributed by atoms with van der Waals surface area (Å²) in [5.74, 6) is 0.801. The number of allylic oxidation sites excluding steroid dienone is 1. The molecule has 0 aliphatic heterocycles. The Kier molecular flexibility index (Phi) is 4.57. The van der Waals surface area contributed by atoms with Crippen LogP contribution in [0.5, 0.6) is 5.75 Å². The fourth-order valence-electron chi connectivity index (χ4n) is 1.96. The second-order valence-electron chi connectivity index (χ2n) is 4.51.